The fraction of sp³-hybridized carbons (Fsp3) is 0.294. The van der Waals surface area contributed by atoms with E-state index in [2.05, 4.69) is 24.8 Å². The molecule has 0 radical (unpaired) electrons. The number of H-pyrrole nitrogens is 1. The van der Waals surface area contributed by atoms with E-state index in [1.165, 1.54) is 0 Å². The predicted molar refractivity (Wildman–Crippen MR) is 96.0 cm³/mol. The molecule has 25 heavy (non-hydrogen) atoms. The van der Waals surface area contributed by atoms with Crippen molar-refractivity contribution in [3.63, 3.8) is 0 Å². The van der Waals surface area contributed by atoms with Crippen LogP contribution in [0.2, 0.25) is 5.02 Å². The van der Waals surface area contributed by atoms with Gasteiger partial charge < -0.3 is 14.8 Å². The van der Waals surface area contributed by atoms with Crippen molar-refractivity contribution in [3.05, 3.63) is 47.0 Å². The van der Waals surface area contributed by atoms with Gasteiger partial charge in [0.25, 0.3) is 5.91 Å². The molecule has 0 bridgehead atoms. The van der Waals surface area contributed by atoms with Crippen LogP contribution in [-0.4, -0.2) is 56.9 Å². The van der Waals surface area contributed by atoms with E-state index < -0.39 is 0 Å². The Balaban J connectivity index is 1.50. The summed E-state index contributed by atoms with van der Waals surface area (Å²) in [6, 6.07) is 7.01. The number of anilines is 1. The van der Waals surface area contributed by atoms with Crippen LogP contribution in [0.5, 0.6) is 0 Å². The first-order chi connectivity index (χ1) is 12.1. The number of imidazole rings is 1. The van der Waals surface area contributed by atoms with Crippen molar-refractivity contribution in [3.8, 4) is 0 Å². The Morgan fingerprint density at radius 1 is 1.12 bits per heavy atom. The summed E-state index contributed by atoms with van der Waals surface area (Å²) in [4.78, 5) is 32.8. The van der Waals surface area contributed by atoms with Crippen LogP contribution in [0.4, 0.5) is 5.82 Å². The van der Waals surface area contributed by atoms with Crippen LogP contribution in [0.25, 0.3) is 11.2 Å². The zero-order valence-corrected chi connectivity index (χ0v) is 14.5. The van der Waals surface area contributed by atoms with Crippen LogP contribution in [0.1, 0.15) is 16.2 Å². The van der Waals surface area contributed by atoms with Crippen molar-refractivity contribution in [2.45, 2.75) is 6.92 Å². The van der Waals surface area contributed by atoms with E-state index in [0.29, 0.717) is 48.2 Å². The smallest absolute Gasteiger partial charge is 0.253 e. The molecule has 8 heteroatoms. The number of hydrogen-bond acceptors (Lipinski definition) is 5. The predicted octanol–water partition coefficient (Wildman–Crippen LogP) is 2.28. The maximum absolute atomic E-state index is 12.6. The normalized spacial score (nSPS) is 15.0. The van der Waals surface area contributed by atoms with E-state index in [9.17, 15) is 4.79 Å². The average Bonchev–Trinajstić information content (AvgIpc) is 3.09. The summed E-state index contributed by atoms with van der Waals surface area (Å²) in [5.41, 5.74) is 2.16. The first-order valence-corrected chi connectivity index (χ1v) is 8.47. The van der Waals surface area contributed by atoms with Gasteiger partial charge in [0.15, 0.2) is 11.5 Å². The number of piperazine rings is 1. The van der Waals surface area contributed by atoms with Crippen molar-refractivity contribution < 1.29 is 4.79 Å². The molecule has 1 aromatic carbocycles. The number of carbonyl (C=O) groups excluding carboxylic acids is 1. The van der Waals surface area contributed by atoms with Crippen LogP contribution < -0.4 is 4.90 Å². The van der Waals surface area contributed by atoms with Crippen molar-refractivity contribution in [1.82, 2.24) is 24.8 Å². The summed E-state index contributed by atoms with van der Waals surface area (Å²) in [6.07, 6.45) is 1.63. The minimum absolute atomic E-state index is 0.0295. The van der Waals surface area contributed by atoms with E-state index in [1.807, 2.05) is 11.8 Å². The number of fused-ring (bicyclic) bond motifs is 1. The van der Waals surface area contributed by atoms with E-state index >= 15 is 0 Å². The maximum atomic E-state index is 12.6. The Morgan fingerprint density at radius 3 is 2.56 bits per heavy atom. The molecule has 7 nitrogen and oxygen atoms in total. The van der Waals surface area contributed by atoms with Crippen molar-refractivity contribution in [2.75, 3.05) is 31.1 Å². The highest BCUT2D eigenvalue weighted by atomic mass is 35.5. The molecule has 1 aliphatic heterocycles. The molecule has 0 atom stereocenters. The lowest BCUT2D eigenvalue weighted by Crippen LogP contribution is -2.49. The zero-order chi connectivity index (χ0) is 17.4. The van der Waals surface area contributed by atoms with Crippen LogP contribution in [0, 0.1) is 6.92 Å². The molecule has 1 aliphatic rings. The number of rotatable bonds is 2. The largest absolute Gasteiger partial charge is 0.351 e. The number of carbonyl (C=O) groups is 1. The second-order valence-electron chi connectivity index (χ2n) is 5.98. The molecule has 0 saturated carbocycles. The summed E-state index contributed by atoms with van der Waals surface area (Å²) in [5.74, 6) is 1.56. The lowest BCUT2D eigenvalue weighted by Gasteiger charge is -2.35. The second kappa shape index (κ2) is 6.33. The quantitative estimate of drug-likeness (QED) is 0.762. The van der Waals surface area contributed by atoms with E-state index in [-0.39, 0.29) is 5.91 Å². The van der Waals surface area contributed by atoms with Crippen LogP contribution >= 0.6 is 11.6 Å². The van der Waals surface area contributed by atoms with Crippen molar-refractivity contribution >= 4 is 34.5 Å². The van der Waals surface area contributed by atoms with Gasteiger partial charge in [-0.3, -0.25) is 4.79 Å². The molecule has 1 saturated heterocycles. The van der Waals surface area contributed by atoms with Gasteiger partial charge in [-0.1, -0.05) is 11.6 Å². The molecule has 3 aromatic rings. The third kappa shape index (κ3) is 3.02. The minimum Gasteiger partial charge on any atom is -0.351 e. The molecular weight excluding hydrogens is 340 g/mol. The Kier molecular flexibility index (Phi) is 4.01. The standard InChI is InChI=1S/C17H17ClN6O/c1-11-21-15-14(19-10-20-15)16(22-11)23-6-8-24(9-7-23)17(25)12-2-4-13(18)5-3-12/h2-5,10H,6-9H2,1H3,(H,19,20,21,22). The molecular formula is C17H17ClN6O. The van der Waals surface area contributed by atoms with Crippen molar-refractivity contribution in [2.24, 2.45) is 0 Å². The fourth-order valence-corrected chi connectivity index (χ4v) is 3.18. The average molecular weight is 357 g/mol. The van der Waals surface area contributed by atoms with Crippen LogP contribution in [0.3, 0.4) is 0 Å². The number of hydrogen-bond donors (Lipinski definition) is 1. The Labute approximate surface area is 149 Å². The number of benzene rings is 1. The van der Waals surface area contributed by atoms with E-state index in [4.69, 9.17) is 11.6 Å². The number of nitrogens with one attached hydrogen (secondary N) is 1. The van der Waals surface area contributed by atoms with Gasteiger partial charge in [-0.25, -0.2) is 15.0 Å². The molecule has 1 fully saturated rings. The van der Waals surface area contributed by atoms with Gasteiger partial charge in [-0.15, -0.1) is 0 Å². The highest BCUT2D eigenvalue weighted by Gasteiger charge is 2.24. The Morgan fingerprint density at radius 2 is 1.84 bits per heavy atom. The summed E-state index contributed by atoms with van der Waals surface area (Å²) in [5, 5.41) is 0.629. The number of halogens is 1. The third-order valence-corrected chi connectivity index (χ3v) is 4.59. The highest BCUT2D eigenvalue weighted by Crippen LogP contribution is 2.22. The summed E-state index contributed by atoms with van der Waals surface area (Å²) in [6.45, 7) is 4.56. The van der Waals surface area contributed by atoms with Crippen LogP contribution in [-0.2, 0) is 0 Å². The summed E-state index contributed by atoms with van der Waals surface area (Å²) in [7, 11) is 0. The monoisotopic (exact) mass is 356 g/mol. The number of aromatic nitrogens is 4. The van der Waals surface area contributed by atoms with Gasteiger partial charge in [0.2, 0.25) is 0 Å². The van der Waals surface area contributed by atoms with E-state index in [1.54, 1.807) is 30.6 Å². The minimum atomic E-state index is 0.0295. The van der Waals surface area contributed by atoms with Gasteiger partial charge in [-0.2, -0.15) is 0 Å². The van der Waals surface area contributed by atoms with Crippen molar-refractivity contribution in [1.29, 1.82) is 0 Å². The Hall–Kier alpha value is -2.67. The van der Waals surface area contributed by atoms with Gasteiger partial charge in [0.05, 0.1) is 6.33 Å². The number of aryl methyl sites for hydroxylation is 1. The first kappa shape index (κ1) is 15.8. The molecule has 3 heterocycles. The number of nitrogens with zero attached hydrogens (tertiary/aromatic N) is 5. The second-order valence-corrected chi connectivity index (χ2v) is 6.42. The molecule has 0 spiro atoms. The zero-order valence-electron chi connectivity index (χ0n) is 13.7. The molecule has 0 unspecified atom stereocenters. The van der Waals surface area contributed by atoms with Gasteiger partial charge in [0, 0.05) is 36.8 Å². The van der Waals surface area contributed by atoms with Gasteiger partial charge >= 0.3 is 0 Å². The molecule has 0 aliphatic carbocycles. The Bertz CT molecular complexity index is 915. The first-order valence-electron chi connectivity index (χ1n) is 8.09. The van der Waals surface area contributed by atoms with Gasteiger partial charge in [-0.05, 0) is 31.2 Å². The molecule has 2 aromatic heterocycles. The van der Waals surface area contributed by atoms with E-state index in [0.717, 1.165) is 11.3 Å². The number of aromatic amines is 1. The lowest BCUT2D eigenvalue weighted by atomic mass is 10.2. The number of amides is 1. The molecule has 1 amide bonds. The lowest BCUT2D eigenvalue weighted by molar-refractivity contribution is 0.0746. The molecule has 4 rings (SSSR count). The fourth-order valence-electron chi connectivity index (χ4n) is 3.05. The SMILES string of the molecule is Cc1nc(N2CCN(C(=O)c3ccc(Cl)cc3)CC2)c2[nH]cnc2n1. The molecule has 128 valence electrons. The summed E-state index contributed by atoms with van der Waals surface area (Å²) >= 11 is 5.89. The summed E-state index contributed by atoms with van der Waals surface area (Å²) < 4.78 is 0. The van der Waals surface area contributed by atoms with Gasteiger partial charge in [0.1, 0.15) is 11.3 Å². The third-order valence-electron chi connectivity index (χ3n) is 4.34. The highest BCUT2D eigenvalue weighted by molar-refractivity contribution is 6.30. The van der Waals surface area contributed by atoms with Crippen LogP contribution in [0.15, 0.2) is 30.6 Å². The topological polar surface area (TPSA) is 78.0 Å². The maximum Gasteiger partial charge on any atom is 0.253 e. The molecule has 1 N–H and O–H groups in total.